The zero-order valence-corrected chi connectivity index (χ0v) is 7.97. The van der Waals surface area contributed by atoms with Gasteiger partial charge in [-0.15, -0.1) is 0 Å². The molecular formula is C9H15NO2. The lowest BCUT2D eigenvalue weighted by Gasteiger charge is -2.06. The fourth-order valence-electron chi connectivity index (χ4n) is 0.903. The van der Waals surface area contributed by atoms with Crippen molar-refractivity contribution in [3.63, 3.8) is 0 Å². The maximum Gasteiger partial charge on any atom is 0.252 e. The number of ketones is 1. The van der Waals surface area contributed by atoms with Crippen molar-refractivity contribution in [2.24, 2.45) is 11.7 Å². The van der Waals surface area contributed by atoms with Gasteiger partial charge < -0.3 is 5.73 Å². The van der Waals surface area contributed by atoms with Crippen molar-refractivity contribution >= 4 is 11.7 Å². The predicted octanol–water partition coefficient (Wildman–Crippen LogP) is 1.03. The standard InChI is InChI=1S/C9H15NO2/c1-5(2)7(9(10)12)8(11)6(3)4/h6H,1-4H3,(H2,10,12). The van der Waals surface area contributed by atoms with E-state index in [0.717, 1.165) is 0 Å². The Bertz CT molecular complexity index is 235. The van der Waals surface area contributed by atoms with E-state index in [4.69, 9.17) is 5.73 Å². The minimum atomic E-state index is -0.631. The molecule has 0 rings (SSSR count). The number of rotatable bonds is 3. The molecule has 0 saturated carbocycles. The molecular weight excluding hydrogens is 154 g/mol. The average Bonchev–Trinajstić information content (AvgIpc) is 1.85. The molecule has 0 aromatic heterocycles. The van der Waals surface area contributed by atoms with E-state index >= 15 is 0 Å². The Balaban J connectivity index is 4.93. The van der Waals surface area contributed by atoms with Gasteiger partial charge in [-0.2, -0.15) is 0 Å². The van der Waals surface area contributed by atoms with Crippen LogP contribution in [0.1, 0.15) is 27.7 Å². The van der Waals surface area contributed by atoms with E-state index < -0.39 is 5.91 Å². The highest BCUT2D eigenvalue weighted by Gasteiger charge is 2.19. The van der Waals surface area contributed by atoms with Crippen LogP contribution in [0.15, 0.2) is 11.1 Å². The van der Waals surface area contributed by atoms with Gasteiger partial charge in [0.2, 0.25) is 0 Å². The molecule has 0 aliphatic heterocycles. The zero-order valence-electron chi connectivity index (χ0n) is 7.97. The van der Waals surface area contributed by atoms with Crippen molar-refractivity contribution in [2.45, 2.75) is 27.7 Å². The molecule has 0 radical (unpaired) electrons. The Morgan fingerprint density at radius 3 is 1.67 bits per heavy atom. The third kappa shape index (κ3) is 2.49. The number of carbonyl (C=O) groups is 2. The van der Waals surface area contributed by atoms with E-state index in [1.807, 2.05) is 0 Å². The molecule has 0 aromatic rings. The molecule has 68 valence electrons. The molecule has 0 atom stereocenters. The summed E-state index contributed by atoms with van der Waals surface area (Å²) in [7, 11) is 0. The summed E-state index contributed by atoms with van der Waals surface area (Å²) >= 11 is 0. The fourth-order valence-corrected chi connectivity index (χ4v) is 0.903. The maximum absolute atomic E-state index is 11.4. The number of primary amides is 1. The van der Waals surface area contributed by atoms with Gasteiger partial charge in [0.15, 0.2) is 5.78 Å². The smallest absolute Gasteiger partial charge is 0.252 e. The quantitative estimate of drug-likeness (QED) is 0.389. The van der Waals surface area contributed by atoms with Gasteiger partial charge in [0, 0.05) is 5.92 Å². The van der Waals surface area contributed by atoms with Gasteiger partial charge in [-0.1, -0.05) is 19.4 Å². The molecule has 3 heteroatoms. The van der Waals surface area contributed by atoms with Crippen molar-refractivity contribution in [1.82, 2.24) is 0 Å². The molecule has 0 aliphatic carbocycles. The minimum absolute atomic E-state index is 0.144. The van der Waals surface area contributed by atoms with Crippen LogP contribution in [0.3, 0.4) is 0 Å². The summed E-state index contributed by atoms with van der Waals surface area (Å²) < 4.78 is 0. The number of allylic oxidation sites excluding steroid dienone is 1. The molecule has 3 nitrogen and oxygen atoms in total. The molecule has 0 heterocycles. The summed E-state index contributed by atoms with van der Waals surface area (Å²) in [5, 5.41) is 0. The summed E-state index contributed by atoms with van der Waals surface area (Å²) in [6.45, 7) is 6.91. The number of hydrogen-bond acceptors (Lipinski definition) is 2. The molecule has 0 bridgehead atoms. The van der Waals surface area contributed by atoms with Crippen LogP contribution in [-0.4, -0.2) is 11.7 Å². The van der Waals surface area contributed by atoms with Gasteiger partial charge in [-0.3, -0.25) is 9.59 Å². The second-order valence-corrected chi connectivity index (χ2v) is 3.26. The lowest BCUT2D eigenvalue weighted by Crippen LogP contribution is -2.24. The topological polar surface area (TPSA) is 60.2 Å². The van der Waals surface area contributed by atoms with Crippen LogP contribution in [0.2, 0.25) is 0 Å². The van der Waals surface area contributed by atoms with Crippen LogP contribution in [0, 0.1) is 5.92 Å². The number of nitrogens with two attached hydrogens (primary N) is 1. The fraction of sp³-hybridized carbons (Fsp3) is 0.556. The molecule has 0 fully saturated rings. The molecule has 0 aliphatic rings. The summed E-state index contributed by atoms with van der Waals surface area (Å²) in [6, 6.07) is 0. The SMILES string of the molecule is CC(C)=C(C(N)=O)C(=O)C(C)C. The predicted molar refractivity (Wildman–Crippen MR) is 47.4 cm³/mol. The third-order valence-corrected chi connectivity index (χ3v) is 1.52. The van der Waals surface area contributed by atoms with Crippen molar-refractivity contribution < 1.29 is 9.59 Å². The van der Waals surface area contributed by atoms with Crippen LogP contribution in [0.5, 0.6) is 0 Å². The van der Waals surface area contributed by atoms with E-state index in [0.29, 0.717) is 5.57 Å². The lowest BCUT2D eigenvalue weighted by molar-refractivity contribution is -0.122. The van der Waals surface area contributed by atoms with E-state index in [-0.39, 0.29) is 17.3 Å². The molecule has 12 heavy (non-hydrogen) atoms. The Hall–Kier alpha value is -1.12. The summed E-state index contributed by atoms with van der Waals surface area (Å²) in [6.07, 6.45) is 0. The Morgan fingerprint density at radius 1 is 1.17 bits per heavy atom. The van der Waals surface area contributed by atoms with Gasteiger partial charge in [-0.25, -0.2) is 0 Å². The van der Waals surface area contributed by atoms with Crippen LogP contribution >= 0.6 is 0 Å². The molecule has 1 amide bonds. The lowest BCUT2D eigenvalue weighted by atomic mass is 9.97. The first-order valence-electron chi connectivity index (χ1n) is 3.89. The van der Waals surface area contributed by atoms with Crippen molar-refractivity contribution in [2.75, 3.05) is 0 Å². The van der Waals surface area contributed by atoms with E-state index in [2.05, 4.69) is 0 Å². The average molecular weight is 169 g/mol. The monoisotopic (exact) mass is 169 g/mol. The minimum Gasteiger partial charge on any atom is -0.365 e. The Morgan fingerprint density at radius 2 is 1.58 bits per heavy atom. The van der Waals surface area contributed by atoms with Gasteiger partial charge in [0.1, 0.15) is 0 Å². The molecule has 2 N–H and O–H groups in total. The van der Waals surface area contributed by atoms with Gasteiger partial charge in [-0.05, 0) is 13.8 Å². The van der Waals surface area contributed by atoms with Crippen molar-refractivity contribution in [3.8, 4) is 0 Å². The van der Waals surface area contributed by atoms with Crippen LogP contribution in [0.25, 0.3) is 0 Å². The second-order valence-electron chi connectivity index (χ2n) is 3.26. The number of hydrogen-bond donors (Lipinski definition) is 1. The summed E-state index contributed by atoms with van der Waals surface area (Å²) in [4.78, 5) is 22.2. The molecule has 0 saturated heterocycles. The maximum atomic E-state index is 11.4. The Kier molecular flexibility index (Phi) is 3.67. The number of Topliss-reactive ketones (excluding diaryl/α,β-unsaturated/α-hetero) is 1. The van der Waals surface area contributed by atoms with Crippen LogP contribution < -0.4 is 5.73 Å². The highest BCUT2D eigenvalue weighted by molar-refractivity contribution is 6.19. The normalized spacial score (nSPS) is 9.75. The van der Waals surface area contributed by atoms with Gasteiger partial charge in [0.05, 0.1) is 5.57 Å². The zero-order chi connectivity index (χ0) is 9.89. The molecule has 0 unspecified atom stereocenters. The number of amides is 1. The largest absolute Gasteiger partial charge is 0.365 e. The summed E-state index contributed by atoms with van der Waals surface area (Å²) in [5.41, 5.74) is 5.88. The second kappa shape index (κ2) is 4.04. The van der Waals surface area contributed by atoms with Crippen molar-refractivity contribution in [1.29, 1.82) is 0 Å². The van der Waals surface area contributed by atoms with E-state index in [9.17, 15) is 9.59 Å². The van der Waals surface area contributed by atoms with Crippen LogP contribution in [0.4, 0.5) is 0 Å². The molecule has 0 aromatic carbocycles. The summed E-state index contributed by atoms with van der Waals surface area (Å²) in [5.74, 6) is -0.987. The first-order valence-corrected chi connectivity index (χ1v) is 3.89. The van der Waals surface area contributed by atoms with Gasteiger partial charge in [0.25, 0.3) is 5.91 Å². The van der Waals surface area contributed by atoms with E-state index in [1.165, 1.54) is 0 Å². The Labute approximate surface area is 72.6 Å². The van der Waals surface area contributed by atoms with Crippen molar-refractivity contribution in [3.05, 3.63) is 11.1 Å². The van der Waals surface area contributed by atoms with Gasteiger partial charge >= 0.3 is 0 Å². The molecule has 0 spiro atoms. The number of carbonyl (C=O) groups excluding carboxylic acids is 2. The highest BCUT2D eigenvalue weighted by atomic mass is 16.2. The first kappa shape index (κ1) is 10.9. The first-order chi connectivity index (χ1) is 5.37. The third-order valence-electron chi connectivity index (χ3n) is 1.52. The van der Waals surface area contributed by atoms with Crippen LogP contribution in [-0.2, 0) is 9.59 Å². The highest BCUT2D eigenvalue weighted by Crippen LogP contribution is 2.10. The van der Waals surface area contributed by atoms with E-state index in [1.54, 1.807) is 27.7 Å².